The Bertz CT molecular complexity index is 773. The number of rotatable bonds is 16. The molecule has 0 saturated carbocycles. The average molecular weight is 474 g/mol. The molecule has 0 rings (SSSR count). The van der Waals surface area contributed by atoms with E-state index in [9.17, 15) is 33.6 Å². The lowest BCUT2D eigenvalue weighted by molar-refractivity contribution is -0.142. The summed E-state index contributed by atoms with van der Waals surface area (Å²) in [4.78, 5) is 80.8. The van der Waals surface area contributed by atoms with Gasteiger partial charge in [-0.15, -0.1) is 0 Å². The van der Waals surface area contributed by atoms with Crippen LogP contribution in [-0.2, 0) is 33.6 Å². The van der Waals surface area contributed by atoms with Crippen molar-refractivity contribution in [2.45, 2.75) is 69.6 Å². The molecule has 0 heterocycles. The van der Waals surface area contributed by atoms with Gasteiger partial charge in [0.25, 0.3) is 0 Å². The number of carboxylic acids is 2. The summed E-state index contributed by atoms with van der Waals surface area (Å²) in [5.74, 6) is -6.73. The monoisotopic (exact) mass is 474 g/mol. The highest BCUT2D eigenvalue weighted by Gasteiger charge is 2.28. The summed E-state index contributed by atoms with van der Waals surface area (Å²) in [6, 6.07) is -5.27. The van der Waals surface area contributed by atoms with Gasteiger partial charge in [0, 0.05) is 19.3 Å². The molecular weight excluding hydrogens is 444 g/mol. The molecule has 11 N–H and O–H groups in total. The van der Waals surface area contributed by atoms with Crippen LogP contribution in [0.2, 0.25) is 0 Å². The SMILES string of the molecule is CC(NC(=O)C(CCC(N)=O)NC(=O)C(N)CCC(=O)O)C(=O)NC(CCC(N)=O)C(=O)O. The molecule has 186 valence electrons. The Kier molecular flexibility index (Phi) is 12.7. The molecule has 15 nitrogen and oxygen atoms in total. The van der Waals surface area contributed by atoms with Crippen molar-refractivity contribution in [3.8, 4) is 0 Å². The molecule has 5 amide bonds. The van der Waals surface area contributed by atoms with Crippen LogP contribution in [0.15, 0.2) is 0 Å². The highest BCUT2D eigenvalue weighted by Crippen LogP contribution is 2.03. The molecule has 0 aromatic carbocycles. The van der Waals surface area contributed by atoms with Crippen LogP contribution in [0.5, 0.6) is 0 Å². The Labute approximate surface area is 188 Å². The van der Waals surface area contributed by atoms with Gasteiger partial charge in [-0.05, 0) is 26.2 Å². The van der Waals surface area contributed by atoms with Crippen LogP contribution in [0.1, 0.15) is 45.4 Å². The van der Waals surface area contributed by atoms with E-state index in [1.807, 2.05) is 0 Å². The van der Waals surface area contributed by atoms with E-state index in [1.54, 1.807) is 0 Å². The van der Waals surface area contributed by atoms with Crippen molar-refractivity contribution >= 4 is 41.5 Å². The Morgan fingerprint density at radius 3 is 1.64 bits per heavy atom. The van der Waals surface area contributed by atoms with E-state index < -0.39 is 65.6 Å². The lowest BCUT2D eigenvalue weighted by Crippen LogP contribution is -2.56. The van der Waals surface area contributed by atoms with E-state index in [0.29, 0.717) is 0 Å². The van der Waals surface area contributed by atoms with Crippen molar-refractivity contribution in [2.75, 3.05) is 0 Å². The zero-order valence-corrected chi connectivity index (χ0v) is 18.0. The van der Waals surface area contributed by atoms with Crippen LogP contribution in [0.4, 0.5) is 0 Å². The van der Waals surface area contributed by atoms with Crippen LogP contribution in [0.25, 0.3) is 0 Å². The lowest BCUT2D eigenvalue weighted by atomic mass is 10.1. The quantitative estimate of drug-likeness (QED) is 0.108. The van der Waals surface area contributed by atoms with Crippen molar-refractivity contribution in [3.63, 3.8) is 0 Å². The average Bonchev–Trinajstić information content (AvgIpc) is 2.70. The first-order chi connectivity index (χ1) is 15.2. The second-order valence-electron chi connectivity index (χ2n) is 7.24. The molecule has 0 saturated heterocycles. The molecular formula is C18H30N6O9. The Morgan fingerprint density at radius 1 is 0.697 bits per heavy atom. The molecule has 0 aliphatic carbocycles. The van der Waals surface area contributed by atoms with Crippen LogP contribution < -0.4 is 33.2 Å². The predicted molar refractivity (Wildman–Crippen MR) is 111 cm³/mol. The standard InChI is InChI=1S/C18H30N6O9/c1-8(15(29)24-11(18(32)33)4-6-13(21)26)22-17(31)10(3-5-12(20)25)23-16(30)9(19)2-7-14(27)28/h8-11H,2-7,19H2,1H3,(H2,20,25)(H2,21,26)(H,22,31)(H,23,30)(H,24,29)(H,27,28)(H,32,33). The first kappa shape index (κ1) is 29.2. The van der Waals surface area contributed by atoms with Crippen molar-refractivity contribution < 1.29 is 43.8 Å². The highest BCUT2D eigenvalue weighted by molar-refractivity contribution is 5.94. The number of carboxylic acid groups (broad SMARTS) is 2. The summed E-state index contributed by atoms with van der Waals surface area (Å²) in [6.07, 6.45) is -1.67. The first-order valence-electron chi connectivity index (χ1n) is 9.92. The number of nitrogens with two attached hydrogens (primary N) is 3. The summed E-state index contributed by atoms with van der Waals surface area (Å²) in [5, 5.41) is 24.5. The van der Waals surface area contributed by atoms with Gasteiger partial charge in [0.1, 0.15) is 18.1 Å². The fourth-order valence-electron chi connectivity index (χ4n) is 2.46. The summed E-state index contributed by atoms with van der Waals surface area (Å²) in [7, 11) is 0. The largest absolute Gasteiger partial charge is 0.481 e. The third kappa shape index (κ3) is 12.6. The van der Waals surface area contributed by atoms with Gasteiger partial charge in [-0.25, -0.2) is 4.79 Å². The van der Waals surface area contributed by atoms with E-state index in [-0.39, 0.29) is 38.5 Å². The van der Waals surface area contributed by atoms with Crippen molar-refractivity contribution in [2.24, 2.45) is 17.2 Å². The van der Waals surface area contributed by atoms with Crippen LogP contribution in [0.3, 0.4) is 0 Å². The van der Waals surface area contributed by atoms with Gasteiger partial charge in [0.05, 0.1) is 6.04 Å². The second kappa shape index (κ2) is 14.3. The van der Waals surface area contributed by atoms with Gasteiger partial charge in [-0.3, -0.25) is 28.8 Å². The van der Waals surface area contributed by atoms with Crippen molar-refractivity contribution in [1.29, 1.82) is 0 Å². The smallest absolute Gasteiger partial charge is 0.326 e. The Hall–Kier alpha value is -3.75. The number of carbonyl (C=O) groups is 7. The van der Waals surface area contributed by atoms with Gasteiger partial charge in [0.15, 0.2) is 0 Å². The maximum Gasteiger partial charge on any atom is 0.326 e. The van der Waals surface area contributed by atoms with E-state index in [4.69, 9.17) is 27.4 Å². The third-order valence-electron chi connectivity index (χ3n) is 4.36. The molecule has 33 heavy (non-hydrogen) atoms. The molecule has 0 fully saturated rings. The van der Waals surface area contributed by atoms with E-state index in [2.05, 4.69) is 16.0 Å². The van der Waals surface area contributed by atoms with Crippen molar-refractivity contribution in [3.05, 3.63) is 0 Å². The van der Waals surface area contributed by atoms with Crippen LogP contribution in [-0.4, -0.2) is 75.9 Å². The van der Waals surface area contributed by atoms with Crippen LogP contribution in [0, 0.1) is 0 Å². The van der Waals surface area contributed by atoms with Crippen LogP contribution >= 0.6 is 0 Å². The minimum Gasteiger partial charge on any atom is -0.481 e. The number of hydrogen-bond donors (Lipinski definition) is 8. The van der Waals surface area contributed by atoms with Crippen molar-refractivity contribution in [1.82, 2.24) is 16.0 Å². The fourth-order valence-corrected chi connectivity index (χ4v) is 2.46. The number of hydrogen-bond acceptors (Lipinski definition) is 8. The zero-order valence-electron chi connectivity index (χ0n) is 18.0. The molecule has 0 aromatic rings. The number of nitrogens with one attached hydrogen (secondary N) is 3. The number of primary amides is 2. The number of amides is 5. The van der Waals surface area contributed by atoms with E-state index in [1.165, 1.54) is 6.92 Å². The summed E-state index contributed by atoms with van der Waals surface area (Å²) < 4.78 is 0. The topological polar surface area (TPSA) is 274 Å². The molecule has 0 aliphatic heterocycles. The molecule has 4 atom stereocenters. The van der Waals surface area contributed by atoms with E-state index in [0.717, 1.165) is 0 Å². The Morgan fingerprint density at radius 2 is 1.18 bits per heavy atom. The van der Waals surface area contributed by atoms with E-state index >= 15 is 0 Å². The summed E-state index contributed by atoms with van der Waals surface area (Å²) in [6.45, 7) is 1.24. The molecule has 0 radical (unpaired) electrons. The fraction of sp³-hybridized carbons (Fsp3) is 0.611. The maximum absolute atomic E-state index is 12.6. The molecule has 15 heteroatoms. The second-order valence-corrected chi connectivity index (χ2v) is 7.24. The summed E-state index contributed by atoms with van der Waals surface area (Å²) >= 11 is 0. The Balaban J connectivity index is 5.13. The molecule has 0 bridgehead atoms. The number of aliphatic carboxylic acids is 2. The zero-order chi connectivity index (χ0) is 25.7. The van der Waals surface area contributed by atoms with Gasteiger partial charge in [-0.1, -0.05) is 0 Å². The highest BCUT2D eigenvalue weighted by atomic mass is 16.4. The lowest BCUT2D eigenvalue weighted by Gasteiger charge is -2.23. The minimum absolute atomic E-state index is 0.202. The minimum atomic E-state index is -1.43. The predicted octanol–water partition coefficient (Wildman–Crippen LogP) is -3.73. The van der Waals surface area contributed by atoms with Gasteiger partial charge in [-0.2, -0.15) is 0 Å². The molecule has 0 aliphatic rings. The van der Waals surface area contributed by atoms with Gasteiger partial charge >= 0.3 is 11.9 Å². The maximum atomic E-state index is 12.6. The molecule has 0 aromatic heterocycles. The third-order valence-corrected chi connectivity index (χ3v) is 4.36. The molecule has 4 unspecified atom stereocenters. The first-order valence-corrected chi connectivity index (χ1v) is 9.92. The number of carbonyl (C=O) groups excluding carboxylic acids is 5. The van der Waals surface area contributed by atoms with Gasteiger partial charge < -0.3 is 43.4 Å². The molecule has 0 spiro atoms. The summed E-state index contributed by atoms with van der Waals surface area (Å²) in [5.41, 5.74) is 15.6. The normalized spacial score (nSPS) is 14.1. The van der Waals surface area contributed by atoms with Gasteiger partial charge in [0.2, 0.25) is 29.5 Å².